The van der Waals surface area contributed by atoms with E-state index < -0.39 is 0 Å². The zero-order valence-electron chi connectivity index (χ0n) is 14.2. The number of hydrogen-bond acceptors (Lipinski definition) is 6. The van der Waals surface area contributed by atoms with Gasteiger partial charge in [-0.2, -0.15) is 0 Å². The Morgan fingerprint density at radius 1 is 1.19 bits per heavy atom. The smallest absolute Gasteiger partial charge is 0.341 e. The van der Waals surface area contributed by atoms with Crippen LogP contribution < -0.4 is 5.32 Å². The first kappa shape index (κ1) is 16.7. The van der Waals surface area contributed by atoms with Gasteiger partial charge in [0.2, 0.25) is 0 Å². The van der Waals surface area contributed by atoms with Crippen molar-refractivity contribution in [3.63, 3.8) is 0 Å². The molecular weight excluding hydrogens is 350 g/mol. The fourth-order valence-corrected chi connectivity index (χ4v) is 4.46. The van der Waals surface area contributed by atoms with Gasteiger partial charge in [-0.15, -0.1) is 11.3 Å². The predicted octanol–water partition coefficient (Wildman–Crippen LogP) is 3.61. The van der Waals surface area contributed by atoms with Crippen molar-refractivity contribution in [3.05, 3.63) is 52.2 Å². The Balaban J connectivity index is 1.65. The zero-order chi connectivity index (χ0) is 18.1. The van der Waals surface area contributed by atoms with Gasteiger partial charge in [-0.3, -0.25) is 14.8 Å². The van der Waals surface area contributed by atoms with Gasteiger partial charge in [-0.05, 0) is 49.9 Å². The minimum absolute atomic E-state index is 0.275. The molecule has 0 unspecified atom stereocenters. The minimum Gasteiger partial charge on any atom is -0.462 e. The number of aromatic nitrogens is 2. The number of aryl methyl sites for hydroxylation is 1. The lowest BCUT2D eigenvalue weighted by atomic mass is 10.1. The minimum atomic E-state index is -0.369. The second-order valence-electron chi connectivity index (χ2n) is 6.00. The fourth-order valence-electron chi connectivity index (χ4n) is 3.19. The van der Waals surface area contributed by atoms with E-state index in [9.17, 15) is 9.59 Å². The summed E-state index contributed by atoms with van der Waals surface area (Å²) in [6.45, 7) is 2.08. The molecule has 0 spiro atoms. The lowest BCUT2D eigenvalue weighted by molar-refractivity contribution is 0.0527. The highest BCUT2D eigenvalue weighted by atomic mass is 32.1. The molecule has 132 valence electrons. The molecule has 6 nitrogen and oxygen atoms in total. The predicted molar refractivity (Wildman–Crippen MR) is 99.8 cm³/mol. The molecule has 2 aromatic heterocycles. The number of carbonyl (C=O) groups is 2. The number of esters is 1. The summed E-state index contributed by atoms with van der Waals surface area (Å²) in [5.41, 5.74) is 3.39. The van der Waals surface area contributed by atoms with E-state index in [4.69, 9.17) is 4.74 Å². The molecule has 1 aliphatic rings. The van der Waals surface area contributed by atoms with Crippen LogP contribution in [0.4, 0.5) is 5.00 Å². The van der Waals surface area contributed by atoms with Gasteiger partial charge >= 0.3 is 5.97 Å². The molecule has 0 bridgehead atoms. The Morgan fingerprint density at radius 2 is 2.00 bits per heavy atom. The number of carbonyl (C=O) groups excluding carboxylic acids is 2. The van der Waals surface area contributed by atoms with Gasteiger partial charge in [-0.1, -0.05) is 0 Å². The summed E-state index contributed by atoms with van der Waals surface area (Å²) in [5.74, 6) is -0.644. The molecular formula is C19H17N3O3S. The van der Waals surface area contributed by atoms with E-state index in [1.54, 1.807) is 37.5 Å². The third-order valence-electron chi connectivity index (χ3n) is 4.36. The maximum atomic E-state index is 12.7. The number of thiophene rings is 1. The lowest BCUT2D eigenvalue weighted by Gasteiger charge is -2.08. The number of nitrogens with zero attached hydrogens (tertiary/aromatic N) is 2. The molecule has 0 radical (unpaired) electrons. The maximum absolute atomic E-state index is 12.7. The van der Waals surface area contributed by atoms with Crippen LogP contribution in [-0.4, -0.2) is 28.5 Å². The van der Waals surface area contributed by atoms with Crippen LogP contribution in [0.15, 0.2) is 30.6 Å². The summed E-state index contributed by atoms with van der Waals surface area (Å²) in [4.78, 5) is 34.7. The Labute approximate surface area is 154 Å². The van der Waals surface area contributed by atoms with Crippen LogP contribution in [0.5, 0.6) is 0 Å². The number of nitrogens with one attached hydrogen (secondary N) is 1. The highest BCUT2D eigenvalue weighted by Crippen LogP contribution is 2.39. The van der Waals surface area contributed by atoms with Gasteiger partial charge in [0.25, 0.3) is 5.91 Å². The van der Waals surface area contributed by atoms with Crippen molar-refractivity contribution in [2.45, 2.75) is 26.2 Å². The number of hydrogen-bond donors (Lipinski definition) is 1. The second-order valence-corrected chi connectivity index (χ2v) is 7.10. The summed E-state index contributed by atoms with van der Waals surface area (Å²) in [6, 6.07) is 5.17. The molecule has 4 rings (SSSR count). The Hall–Kier alpha value is -2.80. The van der Waals surface area contributed by atoms with Crippen molar-refractivity contribution < 1.29 is 14.3 Å². The molecule has 2 heterocycles. The van der Waals surface area contributed by atoms with Gasteiger partial charge < -0.3 is 10.1 Å². The van der Waals surface area contributed by atoms with Gasteiger partial charge in [0, 0.05) is 22.8 Å². The van der Waals surface area contributed by atoms with E-state index >= 15 is 0 Å². The number of fused-ring (bicyclic) bond motifs is 2. The lowest BCUT2D eigenvalue weighted by Crippen LogP contribution is -2.15. The molecule has 1 aromatic carbocycles. The Morgan fingerprint density at radius 3 is 2.81 bits per heavy atom. The summed E-state index contributed by atoms with van der Waals surface area (Å²) in [6.07, 6.45) is 6.02. The third-order valence-corrected chi connectivity index (χ3v) is 5.57. The van der Waals surface area contributed by atoms with Crippen molar-refractivity contribution in [1.29, 1.82) is 0 Å². The Kier molecular flexibility index (Phi) is 4.38. The SMILES string of the molecule is CCOC(=O)c1c(NC(=O)c2ccc3nccnc3c2)sc2c1CCC2. The van der Waals surface area contributed by atoms with Gasteiger partial charge in [-0.25, -0.2) is 4.79 Å². The van der Waals surface area contributed by atoms with E-state index in [2.05, 4.69) is 15.3 Å². The van der Waals surface area contributed by atoms with Crippen LogP contribution in [0.2, 0.25) is 0 Å². The number of benzene rings is 1. The number of ether oxygens (including phenoxy) is 1. The molecule has 0 saturated heterocycles. The normalized spacial score (nSPS) is 12.8. The molecule has 1 aliphatic carbocycles. The summed E-state index contributed by atoms with van der Waals surface area (Å²) < 4.78 is 5.20. The topological polar surface area (TPSA) is 81.2 Å². The van der Waals surface area contributed by atoms with Crippen LogP contribution >= 0.6 is 11.3 Å². The van der Waals surface area contributed by atoms with E-state index in [0.29, 0.717) is 28.3 Å². The first-order valence-corrected chi connectivity index (χ1v) is 9.32. The van der Waals surface area contributed by atoms with Crippen molar-refractivity contribution in [2.75, 3.05) is 11.9 Å². The van der Waals surface area contributed by atoms with E-state index in [1.807, 2.05) is 0 Å². The van der Waals surface area contributed by atoms with Crippen LogP contribution in [0.25, 0.3) is 11.0 Å². The summed E-state index contributed by atoms with van der Waals surface area (Å²) in [7, 11) is 0. The molecule has 0 atom stereocenters. The highest BCUT2D eigenvalue weighted by molar-refractivity contribution is 7.17. The molecule has 26 heavy (non-hydrogen) atoms. The van der Waals surface area contributed by atoms with Crippen LogP contribution in [0, 0.1) is 0 Å². The largest absolute Gasteiger partial charge is 0.462 e. The van der Waals surface area contributed by atoms with Crippen LogP contribution in [-0.2, 0) is 17.6 Å². The Bertz CT molecular complexity index is 1010. The van der Waals surface area contributed by atoms with E-state index in [-0.39, 0.29) is 11.9 Å². The average Bonchev–Trinajstić information content (AvgIpc) is 3.22. The fraction of sp³-hybridized carbons (Fsp3) is 0.263. The third kappa shape index (κ3) is 2.94. The van der Waals surface area contributed by atoms with E-state index in [1.165, 1.54) is 11.3 Å². The summed E-state index contributed by atoms with van der Waals surface area (Å²) in [5, 5.41) is 3.46. The van der Waals surface area contributed by atoms with Gasteiger partial charge in [0.1, 0.15) is 5.00 Å². The van der Waals surface area contributed by atoms with Crippen molar-refractivity contribution >= 4 is 39.2 Å². The van der Waals surface area contributed by atoms with Crippen molar-refractivity contribution in [1.82, 2.24) is 9.97 Å². The number of rotatable bonds is 4. The van der Waals surface area contributed by atoms with Crippen LogP contribution in [0.1, 0.15) is 44.5 Å². The first-order valence-electron chi connectivity index (χ1n) is 8.51. The highest BCUT2D eigenvalue weighted by Gasteiger charge is 2.28. The molecule has 0 aliphatic heterocycles. The molecule has 0 fully saturated rings. The van der Waals surface area contributed by atoms with Gasteiger partial charge in [0.05, 0.1) is 23.2 Å². The molecule has 1 amide bonds. The monoisotopic (exact) mass is 367 g/mol. The summed E-state index contributed by atoms with van der Waals surface area (Å²) >= 11 is 1.47. The number of anilines is 1. The second kappa shape index (κ2) is 6.84. The molecule has 0 saturated carbocycles. The zero-order valence-corrected chi connectivity index (χ0v) is 15.1. The first-order chi connectivity index (χ1) is 12.7. The quantitative estimate of drug-likeness (QED) is 0.713. The molecule has 7 heteroatoms. The average molecular weight is 367 g/mol. The standard InChI is InChI=1S/C19H17N3O3S/c1-2-25-19(24)16-12-4-3-5-15(12)26-18(16)22-17(23)11-6-7-13-14(10-11)21-9-8-20-13/h6-10H,2-5H2,1H3,(H,22,23). The maximum Gasteiger partial charge on any atom is 0.341 e. The van der Waals surface area contributed by atoms with Crippen LogP contribution in [0.3, 0.4) is 0 Å². The van der Waals surface area contributed by atoms with Gasteiger partial charge in [0.15, 0.2) is 0 Å². The molecule has 1 N–H and O–H groups in total. The van der Waals surface area contributed by atoms with Crippen molar-refractivity contribution in [3.8, 4) is 0 Å². The van der Waals surface area contributed by atoms with E-state index in [0.717, 1.165) is 35.2 Å². The molecule has 3 aromatic rings. The van der Waals surface area contributed by atoms with Crippen molar-refractivity contribution in [2.24, 2.45) is 0 Å². The number of amides is 1.